The van der Waals surface area contributed by atoms with Crippen LogP contribution in [0.3, 0.4) is 0 Å². The number of carbonyl (C=O) groups is 1. The fourth-order valence-corrected chi connectivity index (χ4v) is 2.71. The van der Waals surface area contributed by atoms with Crippen LogP contribution in [0, 0.1) is 0 Å². The van der Waals surface area contributed by atoms with E-state index in [1.807, 2.05) is 44.2 Å². The van der Waals surface area contributed by atoms with E-state index in [-0.39, 0.29) is 11.9 Å². The molecule has 4 heteroatoms. The number of hydrogen-bond donors (Lipinski definition) is 1. The van der Waals surface area contributed by atoms with E-state index < -0.39 is 0 Å². The van der Waals surface area contributed by atoms with Crippen molar-refractivity contribution < 1.29 is 9.53 Å². The van der Waals surface area contributed by atoms with Crippen LogP contribution in [-0.4, -0.2) is 17.9 Å². The molecule has 1 aliphatic rings. The molecule has 0 radical (unpaired) electrons. The van der Waals surface area contributed by atoms with Crippen molar-refractivity contribution in [3.8, 4) is 0 Å². The molecule has 1 atom stereocenters. The Hall–Kier alpha value is -2.46. The van der Waals surface area contributed by atoms with Crippen LogP contribution in [-0.2, 0) is 4.74 Å². The Labute approximate surface area is 129 Å². The number of para-hydroxylation sites is 1. The summed E-state index contributed by atoms with van der Waals surface area (Å²) in [5.41, 5.74) is 5.05. The van der Waals surface area contributed by atoms with Crippen molar-refractivity contribution in [2.24, 2.45) is 0 Å². The van der Waals surface area contributed by atoms with E-state index in [1.165, 1.54) is 0 Å². The van der Waals surface area contributed by atoms with Crippen molar-refractivity contribution in [3.63, 3.8) is 0 Å². The third kappa shape index (κ3) is 2.31. The number of hydrogen-bond acceptors (Lipinski definition) is 4. The van der Waals surface area contributed by atoms with Crippen molar-refractivity contribution in [1.82, 2.24) is 4.98 Å². The van der Waals surface area contributed by atoms with Gasteiger partial charge in [0.2, 0.25) is 5.78 Å². The Kier molecular flexibility index (Phi) is 3.77. The van der Waals surface area contributed by atoms with Gasteiger partial charge in [0.25, 0.3) is 0 Å². The van der Waals surface area contributed by atoms with E-state index in [1.54, 1.807) is 19.5 Å². The number of allylic oxidation sites excluding steroid dienone is 2. The second kappa shape index (κ2) is 5.73. The Morgan fingerprint density at radius 2 is 2.05 bits per heavy atom. The molecular weight excluding hydrogens is 276 g/mol. The van der Waals surface area contributed by atoms with Crippen molar-refractivity contribution in [3.05, 3.63) is 65.1 Å². The predicted octanol–water partition coefficient (Wildman–Crippen LogP) is 3.83. The van der Waals surface area contributed by atoms with Gasteiger partial charge in [0.05, 0.1) is 11.8 Å². The molecule has 0 bridgehead atoms. The summed E-state index contributed by atoms with van der Waals surface area (Å²) in [5, 5.41) is 3.24. The first kappa shape index (κ1) is 14.5. The van der Waals surface area contributed by atoms with Gasteiger partial charge in [0.15, 0.2) is 0 Å². The third-order valence-corrected chi connectivity index (χ3v) is 4.08. The SMILES string of the molecule is COC(C)c1cnccc1C(C)=C1Nc2ccccc2C1=O. The van der Waals surface area contributed by atoms with Crippen molar-refractivity contribution in [2.45, 2.75) is 20.0 Å². The van der Waals surface area contributed by atoms with Crippen LogP contribution in [0.4, 0.5) is 5.69 Å². The average molecular weight is 294 g/mol. The highest BCUT2D eigenvalue weighted by molar-refractivity contribution is 6.21. The normalized spacial score (nSPS) is 17.0. The molecule has 2 aromatic rings. The molecule has 0 saturated heterocycles. The lowest BCUT2D eigenvalue weighted by Gasteiger charge is -2.16. The highest BCUT2D eigenvalue weighted by atomic mass is 16.5. The molecule has 0 fully saturated rings. The zero-order chi connectivity index (χ0) is 15.7. The number of Topliss-reactive ketones (excluding diaryl/α,β-unsaturated/α-hetero) is 1. The molecule has 0 amide bonds. The summed E-state index contributed by atoms with van der Waals surface area (Å²) in [6, 6.07) is 9.48. The highest BCUT2D eigenvalue weighted by Gasteiger charge is 2.27. The van der Waals surface area contributed by atoms with Crippen LogP contribution >= 0.6 is 0 Å². The molecule has 112 valence electrons. The largest absolute Gasteiger partial charge is 0.377 e. The Balaban J connectivity index is 2.09. The number of nitrogens with zero attached hydrogens (tertiary/aromatic N) is 1. The topological polar surface area (TPSA) is 51.2 Å². The lowest BCUT2D eigenvalue weighted by molar-refractivity contribution is 0.104. The number of nitrogens with one attached hydrogen (secondary N) is 1. The molecule has 1 aromatic heterocycles. The summed E-state index contributed by atoms with van der Waals surface area (Å²) in [4.78, 5) is 16.8. The number of pyridine rings is 1. The van der Waals surface area contributed by atoms with Crippen molar-refractivity contribution in [2.75, 3.05) is 12.4 Å². The maximum absolute atomic E-state index is 12.6. The molecule has 1 aliphatic heterocycles. The monoisotopic (exact) mass is 294 g/mol. The minimum Gasteiger partial charge on any atom is -0.377 e. The van der Waals surface area contributed by atoms with Crippen LogP contribution in [0.2, 0.25) is 0 Å². The maximum Gasteiger partial charge on any atom is 0.211 e. The quantitative estimate of drug-likeness (QED) is 0.874. The van der Waals surface area contributed by atoms with E-state index in [0.29, 0.717) is 11.3 Å². The van der Waals surface area contributed by atoms with Crippen LogP contribution in [0.1, 0.15) is 41.4 Å². The summed E-state index contributed by atoms with van der Waals surface area (Å²) in [6.07, 6.45) is 3.44. The van der Waals surface area contributed by atoms with E-state index in [4.69, 9.17) is 4.74 Å². The number of carbonyl (C=O) groups excluding carboxylic acids is 1. The second-order valence-electron chi connectivity index (χ2n) is 5.34. The molecule has 0 saturated carbocycles. The summed E-state index contributed by atoms with van der Waals surface area (Å²) >= 11 is 0. The fourth-order valence-electron chi connectivity index (χ4n) is 2.71. The van der Waals surface area contributed by atoms with Crippen molar-refractivity contribution >= 4 is 17.0 Å². The van der Waals surface area contributed by atoms with E-state index in [9.17, 15) is 4.79 Å². The van der Waals surface area contributed by atoms with Crippen LogP contribution in [0.5, 0.6) is 0 Å². The van der Waals surface area contributed by atoms with Gasteiger partial charge in [-0.05, 0) is 43.2 Å². The van der Waals surface area contributed by atoms with Gasteiger partial charge in [0.1, 0.15) is 0 Å². The van der Waals surface area contributed by atoms with Gasteiger partial charge in [-0.1, -0.05) is 12.1 Å². The van der Waals surface area contributed by atoms with Gasteiger partial charge >= 0.3 is 0 Å². The van der Waals surface area contributed by atoms with Gasteiger partial charge in [-0.2, -0.15) is 0 Å². The summed E-state index contributed by atoms with van der Waals surface area (Å²) < 4.78 is 5.41. The number of benzene rings is 1. The molecular formula is C18H18N2O2. The highest BCUT2D eigenvalue weighted by Crippen LogP contribution is 2.34. The number of ketones is 1. The smallest absolute Gasteiger partial charge is 0.211 e. The van der Waals surface area contributed by atoms with Crippen LogP contribution in [0.25, 0.3) is 5.57 Å². The lowest BCUT2D eigenvalue weighted by atomic mass is 9.97. The molecule has 1 aromatic carbocycles. The van der Waals surface area contributed by atoms with E-state index in [0.717, 1.165) is 22.4 Å². The first-order chi connectivity index (χ1) is 10.6. The van der Waals surface area contributed by atoms with E-state index in [2.05, 4.69) is 10.3 Å². The molecule has 0 aliphatic carbocycles. The lowest BCUT2D eigenvalue weighted by Crippen LogP contribution is -2.07. The average Bonchev–Trinajstić information content (AvgIpc) is 2.91. The standard InChI is InChI=1S/C18H18N2O2/c1-11(13-8-9-19-10-15(13)12(2)22-3)17-18(21)14-6-4-5-7-16(14)20-17/h4-10,12,20H,1-3H3. The fraction of sp³-hybridized carbons (Fsp3) is 0.222. The number of ether oxygens (including phenoxy) is 1. The van der Waals surface area contributed by atoms with Crippen LogP contribution in [0.15, 0.2) is 48.4 Å². The molecule has 1 unspecified atom stereocenters. The Bertz CT molecular complexity index is 765. The van der Waals surface area contributed by atoms with Crippen molar-refractivity contribution in [1.29, 1.82) is 0 Å². The maximum atomic E-state index is 12.6. The first-order valence-corrected chi connectivity index (χ1v) is 7.22. The minimum absolute atomic E-state index is 0.0286. The second-order valence-corrected chi connectivity index (χ2v) is 5.34. The molecule has 22 heavy (non-hydrogen) atoms. The van der Waals surface area contributed by atoms with Gasteiger partial charge in [0, 0.05) is 36.3 Å². The zero-order valence-electron chi connectivity index (χ0n) is 12.9. The number of methoxy groups -OCH3 is 1. The summed E-state index contributed by atoms with van der Waals surface area (Å²) in [7, 11) is 1.67. The van der Waals surface area contributed by atoms with Gasteiger partial charge in [-0.3, -0.25) is 9.78 Å². The molecule has 2 heterocycles. The minimum atomic E-state index is -0.0851. The third-order valence-electron chi connectivity index (χ3n) is 4.08. The van der Waals surface area contributed by atoms with E-state index >= 15 is 0 Å². The van der Waals surface area contributed by atoms with Gasteiger partial charge in [-0.25, -0.2) is 0 Å². The molecule has 4 nitrogen and oxygen atoms in total. The van der Waals surface area contributed by atoms with Crippen LogP contribution < -0.4 is 5.32 Å². The first-order valence-electron chi connectivity index (χ1n) is 7.22. The number of fused-ring (bicyclic) bond motifs is 1. The molecule has 1 N–H and O–H groups in total. The number of rotatable bonds is 3. The number of aromatic nitrogens is 1. The molecule has 0 spiro atoms. The Morgan fingerprint density at radius 3 is 2.77 bits per heavy atom. The number of anilines is 1. The van der Waals surface area contributed by atoms with Gasteiger partial charge < -0.3 is 10.1 Å². The predicted molar refractivity (Wildman–Crippen MR) is 86.7 cm³/mol. The van der Waals surface area contributed by atoms with Gasteiger partial charge in [-0.15, -0.1) is 0 Å². The Morgan fingerprint density at radius 1 is 1.27 bits per heavy atom. The summed E-state index contributed by atoms with van der Waals surface area (Å²) in [6.45, 7) is 3.92. The summed E-state index contributed by atoms with van der Waals surface area (Å²) in [5.74, 6) is 0.0286. The molecule has 3 rings (SSSR count). The zero-order valence-corrected chi connectivity index (χ0v) is 12.9.